The summed E-state index contributed by atoms with van der Waals surface area (Å²) in [6, 6.07) is 12.9. The number of nitrogens with one attached hydrogen (secondary N) is 2. The van der Waals surface area contributed by atoms with Gasteiger partial charge in [-0.2, -0.15) is 0 Å². The second kappa shape index (κ2) is 10.8. The molecule has 0 atom stereocenters. The maximum Gasteiger partial charge on any atom is 0.251 e. The maximum absolute atomic E-state index is 12.5. The van der Waals surface area contributed by atoms with E-state index in [0.29, 0.717) is 34.5 Å². The number of aryl methyl sites for hydroxylation is 2. The first-order valence-corrected chi connectivity index (χ1v) is 11.2. The van der Waals surface area contributed by atoms with Crippen LogP contribution in [-0.4, -0.2) is 39.4 Å². The van der Waals surface area contributed by atoms with Gasteiger partial charge in [-0.05, 0) is 44.5 Å². The number of amides is 2. The van der Waals surface area contributed by atoms with Crippen molar-refractivity contribution >= 4 is 29.3 Å². The number of benzene rings is 2. The molecule has 8 nitrogen and oxygen atoms in total. The van der Waals surface area contributed by atoms with Crippen molar-refractivity contribution in [2.75, 3.05) is 18.2 Å². The molecule has 2 N–H and O–H groups in total. The van der Waals surface area contributed by atoms with E-state index < -0.39 is 0 Å². The highest BCUT2D eigenvalue weighted by Gasteiger charge is 2.15. The number of thioether (sulfide) groups is 1. The Bertz CT molecular complexity index is 1110. The topological polar surface area (TPSA) is 98.1 Å². The highest BCUT2D eigenvalue weighted by atomic mass is 32.2. The number of nitrogens with zero attached hydrogens (tertiary/aromatic N) is 3. The Morgan fingerprint density at radius 2 is 1.94 bits per heavy atom. The third-order valence-corrected chi connectivity index (χ3v) is 5.81. The van der Waals surface area contributed by atoms with E-state index in [1.165, 1.54) is 11.8 Å². The molecule has 0 bridgehead atoms. The van der Waals surface area contributed by atoms with Crippen molar-refractivity contribution < 1.29 is 14.3 Å². The van der Waals surface area contributed by atoms with E-state index in [0.717, 1.165) is 11.1 Å². The highest BCUT2D eigenvalue weighted by Crippen LogP contribution is 2.23. The van der Waals surface area contributed by atoms with Crippen molar-refractivity contribution in [3.63, 3.8) is 0 Å². The predicted octanol–water partition coefficient (Wildman–Crippen LogP) is 3.58. The molecule has 3 aromatic rings. The summed E-state index contributed by atoms with van der Waals surface area (Å²) in [6.07, 6.45) is 0. The van der Waals surface area contributed by atoms with Crippen LogP contribution in [0.4, 0.5) is 5.69 Å². The largest absolute Gasteiger partial charge is 0.497 e. The zero-order valence-electron chi connectivity index (χ0n) is 18.6. The lowest BCUT2D eigenvalue weighted by molar-refractivity contribution is -0.113. The average molecular weight is 454 g/mol. The van der Waals surface area contributed by atoms with Gasteiger partial charge in [-0.1, -0.05) is 35.5 Å². The van der Waals surface area contributed by atoms with Gasteiger partial charge in [0, 0.05) is 23.9 Å². The molecule has 1 heterocycles. The molecule has 0 aliphatic carbocycles. The lowest BCUT2D eigenvalue weighted by Gasteiger charge is -2.11. The van der Waals surface area contributed by atoms with Gasteiger partial charge in [-0.25, -0.2) is 0 Å². The lowest BCUT2D eigenvalue weighted by atomic mass is 10.1. The van der Waals surface area contributed by atoms with Crippen molar-refractivity contribution in [3.8, 4) is 5.75 Å². The van der Waals surface area contributed by atoms with Crippen LogP contribution in [-0.2, 0) is 17.9 Å². The van der Waals surface area contributed by atoms with Gasteiger partial charge in [0.1, 0.15) is 5.75 Å². The zero-order chi connectivity index (χ0) is 23.1. The van der Waals surface area contributed by atoms with Crippen LogP contribution in [0.25, 0.3) is 0 Å². The second-order valence-corrected chi connectivity index (χ2v) is 8.16. The van der Waals surface area contributed by atoms with Gasteiger partial charge in [-0.3, -0.25) is 9.59 Å². The number of hydrogen-bond donors (Lipinski definition) is 2. The van der Waals surface area contributed by atoms with E-state index in [4.69, 9.17) is 4.74 Å². The van der Waals surface area contributed by atoms with E-state index in [-0.39, 0.29) is 24.1 Å². The van der Waals surface area contributed by atoms with Crippen molar-refractivity contribution in [3.05, 3.63) is 65.0 Å². The Balaban J connectivity index is 1.58. The summed E-state index contributed by atoms with van der Waals surface area (Å²) in [5.74, 6) is 1.19. The van der Waals surface area contributed by atoms with E-state index in [9.17, 15) is 9.59 Å². The molecular formula is C23H27N5O3S. The van der Waals surface area contributed by atoms with Gasteiger partial charge in [0.05, 0.1) is 19.4 Å². The fourth-order valence-corrected chi connectivity index (χ4v) is 3.92. The summed E-state index contributed by atoms with van der Waals surface area (Å²) < 4.78 is 7.11. The van der Waals surface area contributed by atoms with Gasteiger partial charge < -0.3 is 19.9 Å². The molecule has 2 aromatic carbocycles. The SMILES string of the molecule is CCn1c(CNC(=O)c2cccc(C)c2)nnc1SCC(=O)Nc1cc(OC)ccc1C. The summed E-state index contributed by atoms with van der Waals surface area (Å²) in [5.41, 5.74) is 3.29. The normalized spacial score (nSPS) is 10.6. The van der Waals surface area contributed by atoms with Crippen LogP contribution in [0.2, 0.25) is 0 Å². The molecule has 0 saturated heterocycles. The number of rotatable bonds is 9. The van der Waals surface area contributed by atoms with Crippen LogP contribution in [0.3, 0.4) is 0 Å². The van der Waals surface area contributed by atoms with Crippen LogP contribution >= 0.6 is 11.8 Å². The zero-order valence-corrected chi connectivity index (χ0v) is 19.5. The number of methoxy groups -OCH3 is 1. The number of carbonyl (C=O) groups is 2. The molecule has 3 rings (SSSR count). The fourth-order valence-electron chi connectivity index (χ4n) is 3.10. The number of anilines is 1. The Morgan fingerprint density at radius 1 is 1.12 bits per heavy atom. The Labute approximate surface area is 191 Å². The smallest absolute Gasteiger partial charge is 0.251 e. The Hall–Kier alpha value is -3.33. The van der Waals surface area contributed by atoms with Crippen LogP contribution in [0.5, 0.6) is 5.75 Å². The van der Waals surface area contributed by atoms with Gasteiger partial charge in [0.2, 0.25) is 5.91 Å². The lowest BCUT2D eigenvalue weighted by Crippen LogP contribution is -2.25. The average Bonchev–Trinajstić information content (AvgIpc) is 3.19. The number of ether oxygens (including phenoxy) is 1. The first-order valence-electron chi connectivity index (χ1n) is 10.3. The van der Waals surface area contributed by atoms with Crippen LogP contribution < -0.4 is 15.4 Å². The molecule has 0 unspecified atom stereocenters. The molecule has 2 amide bonds. The molecule has 0 spiro atoms. The molecule has 1 aromatic heterocycles. The predicted molar refractivity (Wildman–Crippen MR) is 125 cm³/mol. The van der Waals surface area contributed by atoms with Crippen molar-refractivity contribution in [1.82, 2.24) is 20.1 Å². The minimum Gasteiger partial charge on any atom is -0.497 e. The molecule has 9 heteroatoms. The molecular weight excluding hydrogens is 426 g/mol. The standard InChI is InChI=1S/C23H27N5O3S/c1-5-28-20(13-24-22(30)17-8-6-7-15(2)11-17)26-27-23(28)32-14-21(29)25-19-12-18(31-4)10-9-16(19)3/h6-12H,5,13-14H2,1-4H3,(H,24,30)(H,25,29). The highest BCUT2D eigenvalue weighted by molar-refractivity contribution is 7.99. The molecule has 0 aliphatic rings. The monoisotopic (exact) mass is 453 g/mol. The molecule has 0 fully saturated rings. The minimum absolute atomic E-state index is 0.147. The van der Waals surface area contributed by atoms with Crippen LogP contribution in [0.1, 0.15) is 34.2 Å². The minimum atomic E-state index is -0.165. The molecule has 0 radical (unpaired) electrons. The summed E-state index contributed by atoms with van der Waals surface area (Å²) >= 11 is 1.30. The quantitative estimate of drug-likeness (QED) is 0.481. The second-order valence-electron chi connectivity index (χ2n) is 7.21. The van der Waals surface area contributed by atoms with Gasteiger partial charge in [-0.15, -0.1) is 10.2 Å². The number of carbonyl (C=O) groups excluding carboxylic acids is 2. The van der Waals surface area contributed by atoms with Crippen LogP contribution in [0.15, 0.2) is 47.6 Å². The molecule has 168 valence electrons. The Morgan fingerprint density at radius 3 is 2.66 bits per heavy atom. The van der Waals surface area contributed by atoms with E-state index in [1.807, 2.05) is 55.7 Å². The Kier molecular flexibility index (Phi) is 7.88. The van der Waals surface area contributed by atoms with Crippen LogP contribution in [0, 0.1) is 13.8 Å². The number of aromatic nitrogens is 3. The fraction of sp³-hybridized carbons (Fsp3) is 0.304. The third kappa shape index (κ3) is 5.88. The van der Waals surface area contributed by atoms with Gasteiger partial charge in [0.15, 0.2) is 11.0 Å². The maximum atomic E-state index is 12.5. The van der Waals surface area contributed by atoms with Crippen molar-refractivity contribution in [2.45, 2.75) is 39.0 Å². The third-order valence-electron chi connectivity index (χ3n) is 4.85. The first-order chi connectivity index (χ1) is 15.4. The van der Waals surface area contributed by atoms with Gasteiger partial charge in [0.25, 0.3) is 5.91 Å². The summed E-state index contributed by atoms with van der Waals surface area (Å²) in [6.45, 7) is 6.72. The summed E-state index contributed by atoms with van der Waals surface area (Å²) in [7, 11) is 1.59. The van der Waals surface area contributed by atoms with Crippen molar-refractivity contribution in [1.29, 1.82) is 0 Å². The number of hydrogen-bond acceptors (Lipinski definition) is 6. The summed E-state index contributed by atoms with van der Waals surface area (Å²) in [4.78, 5) is 24.9. The van der Waals surface area contributed by atoms with E-state index in [2.05, 4.69) is 20.8 Å². The van der Waals surface area contributed by atoms with E-state index >= 15 is 0 Å². The first kappa shape index (κ1) is 23.3. The van der Waals surface area contributed by atoms with Gasteiger partial charge >= 0.3 is 0 Å². The molecule has 0 saturated carbocycles. The summed E-state index contributed by atoms with van der Waals surface area (Å²) in [5, 5.41) is 14.8. The molecule has 32 heavy (non-hydrogen) atoms. The van der Waals surface area contributed by atoms with E-state index in [1.54, 1.807) is 19.2 Å². The van der Waals surface area contributed by atoms with Crippen molar-refractivity contribution in [2.24, 2.45) is 0 Å². The molecule has 0 aliphatic heterocycles.